The molecule has 1 aromatic heterocycles. The van der Waals surface area contributed by atoms with Gasteiger partial charge in [-0.3, -0.25) is 9.78 Å². The van der Waals surface area contributed by atoms with Gasteiger partial charge >= 0.3 is 7.12 Å². The number of hydrogen-bond donors (Lipinski definition) is 1. The summed E-state index contributed by atoms with van der Waals surface area (Å²) in [5, 5.41) is 0. The number of pyridine rings is 1. The summed E-state index contributed by atoms with van der Waals surface area (Å²) >= 11 is 0. The molecule has 6 heteroatoms. The number of nitrogens with two attached hydrogens (primary N) is 1. The first-order chi connectivity index (χ1) is 9.21. The third-order valence-electron chi connectivity index (χ3n) is 3.76. The van der Waals surface area contributed by atoms with Crippen LogP contribution in [0.1, 0.15) is 43.7 Å². The first kappa shape index (κ1) is 14.7. The fourth-order valence-electron chi connectivity index (χ4n) is 1.84. The summed E-state index contributed by atoms with van der Waals surface area (Å²) in [6.07, 6.45) is 3.30. The predicted octanol–water partition coefficient (Wildman–Crippen LogP) is 1.83. The number of carbonyl (C=O) groups is 1. The summed E-state index contributed by atoms with van der Waals surface area (Å²) in [7, 11) is -0.431. The minimum atomic E-state index is -0.474. The number of nitrogens with zero attached hydrogens (tertiary/aromatic N) is 1. The lowest BCUT2D eigenvalue weighted by Crippen LogP contribution is -2.41. The van der Waals surface area contributed by atoms with E-state index in [1.54, 1.807) is 30.4 Å². The molecule has 0 aliphatic carbocycles. The van der Waals surface area contributed by atoms with Crippen molar-refractivity contribution >= 4 is 19.1 Å². The van der Waals surface area contributed by atoms with Gasteiger partial charge in [0, 0.05) is 11.8 Å². The van der Waals surface area contributed by atoms with Gasteiger partial charge in [0.05, 0.1) is 16.9 Å². The van der Waals surface area contributed by atoms with Crippen molar-refractivity contribution in [1.29, 1.82) is 0 Å². The molecular weight excluding hydrogens is 255 g/mol. The van der Waals surface area contributed by atoms with Crippen molar-refractivity contribution < 1.29 is 14.1 Å². The van der Waals surface area contributed by atoms with Gasteiger partial charge in [0.15, 0.2) is 0 Å². The van der Waals surface area contributed by atoms with Crippen LogP contribution in [0.3, 0.4) is 0 Å². The van der Waals surface area contributed by atoms with Crippen molar-refractivity contribution in [2.24, 2.45) is 5.73 Å². The molecule has 5 nitrogen and oxygen atoms in total. The summed E-state index contributed by atoms with van der Waals surface area (Å²) in [5.41, 5.74) is 5.55. The molecule has 0 radical (unpaired) electrons. The first-order valence-corrected chi connectivity index (χ1v) is 6.51. The molecule has 1 saturated heterocycles. The number of hydrogen-bond acceptors (Lipinski definition) is 4. The highest BCUT2D eigenvalue weighted by Gasteiger charge is 2.49. The van der Waals surface area contributed by atoms with Crippen LogP contribution in [0.25, 0.3) is 6.08 Å². The van der Waals surface area contributed by atoms with E-state index in [0.29, 0.717) is 11.3 Å². The molecule has 0 atom stereocenters. The van der Waals surface area contributed by atoms with Crippen LogP contribution in [-0.2, 0) is 9.31 Å². The van der Waals surface area contributed by atoms with Crippen LogP contribution < -0.4 is 5.73 Å². The zero-order valence-corrected chi connectivity index (χ0v) is 12.2. The van der Waals surface area contributed by atoms with Crippen molar-refractivity contribution in [3.05, 3.63) is 35.6 Å². The molecule has 0 aromatic carbocycles. The summed E-state index contributed by atoms with van der Waals surface area (Å²) < 4.78 is 11.7. The topological polar surface area (TPSA) is 74.4 Å². The van der Waals surface area contributed by atoms with Gasteiger partial charge in [-0.05, 0) is 45.9 Å². The van der Waals surface area contributed by atoms with Gasteiger partial charge in [0.1, 0.15) is 0 Å². The molecule has 1 aliphatic rings. The van der Waals surface area contributed by atoms with Crippen LogP contribution in [0.15, 0.2) is 24.3 Å². The van der Waals surface area contributed by atoms with Crippen molar-refractivity contribution in [2.75, 3.05) is 0 Å². The molecule has 2 N–H and O–H groups in total. The minimum absolute atomic E-state index is 0.371. The van der Waals surface area contributed by atoms with Gasteiger partial charge in [-0.1, -0.05) is 5.98 Å². The second-order valence-electron chi connectivity index (χ2n) is 5.82. The molecular formula is C14H19BN2O3. The van der Waals surface area contributed by atoms with Gasteiger partial charge in [-0.25, -0.2) is 0 Å². The van der Waals surface area contributed by atoms with Crippen LogP contribution in [0, 0.1) is 0 Å². The number of aromatic nitrogens is 1. The van der Waals surface area contributed by atoms with Crippen molar-refractivity contribution in [3.8, 4) is 0 Å². The monoisotopic (exact) mass is 274 g/mol. The normalized spacial score (nSPS) is 20.5. The Hall–Kier alpha value is -1.66. The van der Waals surface area contributed by atoms with Crippen molar-refractivity contribution in [2.45, 2.75) is 38.9 Å². The lowest BCUT2D eigenvalue weighted by molar-refractivity contribution is 0.00578. The average molecular weight is 274 g/mol. The molecule has 20 heavy (non-hydrogen) atoms. The number of carbonyl (C=O) groups excluding carboxylic acids is 1. The van der Waals surface area contributed by atoms with Gasteiger partial charge in [-0.2, -0.15) is 0 Å². The van der Waals surface area contributed by atoms with E-state index in [9.17, 15) is 4.79 Å². The third-order valence-corrected chi connectivity index (χ3v) is 3.76. The highest BCUT2D eigenvalue weighted by atomic mass is 16.7. The smallest absolute Gasteiger partial charge is 0.400 e. The second kappa shape index (κ2) is 5.03. The molecule has 0 spiro atoms. The van der Waals surface area contributed by atoms with E-state index >= 15 is 0 Å². The molecule has 1 amide bonds. The Bertz CT molecular complexity index is 539. The van der Waals surface area contributed by atoms with E-state index in [1.807, 2.05) is 27.7 Å². The summed E-state index contributed by atoms with van der Waals surface area (Å²) in [5.74, 6) is 1.31. The summed E-state index contributed by atoms with van der Waals surface area (Å²) in [4.78, 5) is 15.3. The quantitative estimate of drug-likeness (QED) is 0.853. The standard InChI is InChI=1S/C14H19BN2O3/c1-13(2)14(3,4)20-15(19-13)7-5-11-9-10(12(16)18)6-8-17-11/h5-9H,1-4H3,(H2,16,18)/b7-5+. The Morgan fingerprint density at radius 2 is 1.90 bits per heavy atom. The van der Waals surface area contributed by atoms with Gasteiger partial charge in [-0.15, -0.1) is 0 Å². The SMILES string of the molecule is CC1(C)OB(/C=C/c2cc(C(N)=O)ccn2)OC1(C)C. The third kappa shape index (κ3) is 2.91. The molecule has 0 unspecified atom stereocenters. The van der Waals surface area contributed by atoms with Crippen LogP contribution >= 0.6 is 0 Å². The molecule has 106 valence electrons. The minimum Gasteiger partial charge on any atom is -0.400 e. The predicted molar refractivity (Wildman–Crippen MR) is 77.9 cm³/mol. The van der Waals surface area contributed by atoms with Gasteiger partial charge in [0.25, 0.3) is 0 Å². The Kier molecular flexibility index (Phi) is 3.71. The molecule has 0 bridgehead atoms. The van der Waals surface area contributed by atoms with E-state index in [-0.39, 0.29) is 11.2 Å². The maximum atomic E-state index is 11.1. The maximum absolute atomic E-state index is 11.1. The van der Waals surface area contributed by atoms with Gasteiger partial charge in [0.2, 0.25) is 5.91 Å². The molecule has 1 aliphatic heterocycles. The summed E-state index contributed by atoms with van der Waals surface area (Å²) in [6, 6.07) is 3.21. The fourth-order valence-corrected chi connectivity index (χ4v) is 1.84. The molecule has 2 heterocycles. The lowest BCUT2D eigenvalue weighted by atomic mass is 9.89. The highest BCUT2D eigenvalue weighted by molar-refractivity contribution is 6.52. The zero-order valence-electron chi connectivity index (χ0n) is 12.2. The average Bonchev–Trinajstić information content (AvgIpc) is 2.56. The van der Waals surface area contributed by atoms with E-state index in [4.69, 9.17) is 15.0 Å². The van der Waals surface area contributed by atoms with Crippen molar-refractivity contribution in [3.63, 3.8) is 0 Å². The number of amides is 1. The van der Waals surface area contributed by atoms with E-state index in [2.05, 4.69) is 4.98 Å². The Morgan fingerprint density at radius 1 is 1.30 bits per heavy atom. The number of primary amides is 1. The van der Waals surface area contributed by atoms with E-state index in [1.165, 1.54) is 0 Å². The van der Waals surface area contributed by atoms with Crippen LogP contribution in [0.5, 0.6) is 0 Å². The molecule has 2 rings (SSSR count). The fraction of sp³-hybridized carbons (Fsp3) is 0.429. The second-order valence-corrected chi connectivity index (χ2v) is 5.82. The Balaban J connectivity index is 2.12. The molecule has 1 aromatic rings. The first-order valence-electron chi connectivity index (χ1n) is 6.51. The van der Waals surface area contributed by atoms with Crippen LogP contribution in [0.2, 0.25) is 0 Å². The van der Waals surface area contributed by atoms with Crippen LogP contribution in [-0.4, -0.2) is 29.2 Å². The number of rotatable bonds is 3. The van der Waals surface area contributed by atoms with Gasteiger partial charge < -0.3 is 15.0 Å². The largest absolute Gasteiger partial charge is 0.487 e. The van der Waals surface area contributed by atoms with Crippen molar-refractivity contribution in [1.82, 2.24) is 4.98 Å². The zero-order chi connectivity index (χ0) is 15.0. The highest BCUT2D eigenvalue weighted by Crippen LogP contribution is 2.36. The van der Waals surface area contributed by atoms with E-state index in [0.717, 1.165) is 0 Å². The van der Waals surface area contributed by atoms with Crippen LogP contribution in [0.4, 0.5) is 0 Å². The maximum Gasteiger partial charge on any atom is 0.487 e. The summed E-state index contributed by atoms with van der Waals surface area (Å²) in [6.45, 7) is 7.97. The lowest BCUT2D eigenvalue weighted by Gasteiger charge is -2.32. The molecule has 0 saturated carbocycles. The Labute approximate surface area is 119 Å². The molecule has 1 fully saturated rings. The van der Waals surface area contributed by atoms with E-state index < -0.39 is 13.0 Å². The Morgan fingerprint density at radius 3 is 2.45 bits per heavy atom.